The van der Waals surface area contributed by atoms with Crippen LogP contribution in [0.3, 0.4) is 0 Å². The number of hydrogen-bond acceptors (Lipinski definition) is 5. The van der Waals surface area contributed by atoms with Gasteiger partial charge in [-0.25, -0.2) is 14.2 Å². The maximum absolute atomic E-state index is 13.9. The van der Waals surface area contributed by atoms with Gasteiger partial charge in [0.2, 0.25) is 5.90 Å². The highest BCUT2D eigenvalue weighted by atomic mass is 79.9. The van der Waals surface area contributed by atoms with Crippen LogP contribution in [0.5, 0.6) is 11.5 Å². The van der Waals surface area contributed by atoms with Crippen molar-refractivity contribution in [2.75, 3.05) is 13.7 Å². The number of esters is 1. The second kappa shape index (κ2) is 8.35. The summed E-state index contributed by atoms with van der Waals surface area (Å²) in [5, 5.41) is 0. The van der Waals surface area contributed by atoms with Crippen LogP contribution in [0, 0.1) is 5.82 Å². The normalized spacial score (nSPS) is 14.9. The minimum absolute atomic E-state index is 0.0571. The van der Waals surface area contributed by atoms with Gasteiger partial charge in [0.1, 0.15) is 5.82 Å². The summed E-state index contributed by atoms with van der Waals surface area (Å²) in [5.41, 5.74) is 0.869. The molecule has 0 aromatic heterocycles. The lowest BCUT2D eigenvalue weighted by atomic mass is 10.1. The van der Waals surface area contributed by atoms with E-state index in [0.29, 0.717) is 28.1 Å². The summed E-state index contributed by atoms with van der Waals surface area (Å²) in [6.07, 6.45) is 2.41. The van der Waals surface area contributed by atoms with E-state index >= 15 is 0 Å². The first-order valence-corrected chi connectivity index (χ1v) is 9.10. The smallest absolute Gasteiger partial charge is 0.363 e. The maximum atomic E-state index is 13.9. The zero-order chi connectivity index (χ0) is 19.4. The van der Waals surface area contributed by atoms with Crippen molar-refractivity contribution in [1.82, 2.24) is 0 Å². The number of aliphatic imine (C=N–C) groups is 1. The van der Waals surface area contributed by atoms with E-state index < -0.39 is 11.8 Å². The molecule has 0 spiro atoms. The average molecular weight is 434 g/mol. The molecule has 0 radical (unpaired) electrons. The lowest BCUT2D eigenvalue weighted by molar-refractivity contribution is -0.129. The number of halogens is 2. The molecule has 1 heterocycles. The fraction of sp³-hybridized carbons (Fsp3) is 0.200. The fourth-order valence-electron chi connectivity index (χ4n) is 2.48. The molecule has 3 rings (SSSR count). The van der Waals surface area contributed by atoms with Crippen molar-refractivity contribution < 1.29 is 23.4 Å². The highest BCUT2D eigenvalue weighted by Gasteiger charge is 2.26. The Hall–Kier alpha value is -2.67. The topological polar surface area (TPSA) is 57.1 Å². The summed E-state index contributed by atoms with van der Waals surface area (Å²) in [5.74, 6) is -0.0968. The molecule has 2 aromatic carbocycles. The molecule has 0 saturated heterocycles. The second-order valence-corrected chi connectivity index (χ2v) is 6.55. The van der Waals surface area contributed by atoms with E-state index in [1.54, 1.807) is 30.3 Å². The third-order valence-corrected chi connectivity index (χ3v) is 4.32. The number of benzene rings is 2. The summed E-state index contributed by atoms with van der Waals surface area (Å²) in [4.78, 5) is 16.3. The third kappa shape index (κ3) is 4.19. The Balaban J connectivity index is 1.95. The Bertz CT molecular complexity index is 940. The number of methoxy groups -OCH3 is 1. The van der Waals surface area contributed by atoms with Crippen LogP contribution in [-0.2, 0) is 9.53 Å². The molecule has 7 heteroatoms. The first-order valence-electron chi connectivity index (χ1n) is 8.31. The summed E-state index contributed by atoms with van der Waals surface area (Å²) in [6.45, 7) is 2.56. The molecule has 140 valence electrons. The Labute approximate surface area is 164 Å². The van der Waals surface area contributed by atoms with Gasteiger partial charge >= 0.3 is 5.97 Å². The van der Waals surface area contributed by atoms with Gasteiger partial charge in [0.15, 0.2) is 17.2 Å². The van der Waals surface area contributed by atoms with Crippen LogP contribution >= 0.6 is 15.9 Å². The summed E-state index contributed by atoms with van der Waals surface area (Å²) in [6, 6.07) is 9.50. The van der Waals surface area contributed by atoms with E-state index in [1.807, 2.05) is 6.92 Å². The van der Waals surface area contributed by atoms with Gasteiger partial charge in [0, 0.05) is 0 Å². The zero-order valence-corrected chi connectivity index (χ0v) is 16.4. The van der Waals surface area contributed by atoms with Crippen LogP contribution in [0.15, 0.2) is 51.6 Å². The minimum Gasteiger partial charge on any atom is -0.493 e. The third-order valence-electron chi connectivity index (χ3n) is 3.73. The van der Waals surface area contributed by atoms with Crippen molar-refractivity contribution >= 4 is 33.9 Å². The molecule has 1 aliphatic rings. The molecule has 27 heavy (non-hydrogen) atoms. The highest BCUT2D eigenvalue weighted by molar-refractivity contribution is 9.10. The van der Waals surface area contributed by atoms with E-state index in [2.05, 4.69) is 20.9 Å². The van der Waals surface area contributed by atoms with Crippen LogP contribution in [0.25, 0.3) is 6.08 Å². The molecular formula is C20H17BrFNO4. The molecule has 0 aliphatic carbocycles. The molecule has 0 amide bonds. The molecule has 0 N–H and O–H groups in total. The molecule has 0 fully saturated rings. The Morgan fingerprint density at radius 1 is 1.30 bits per heavy atom. The van der Waals surface area contributed by atoms with E-state index in [1.165, 1.54) is 19.2 Å². The van der Waals surface area contributed by atoms with Gasteiger partial charge in [-0.1, -0.05) is 19.1 Å². The largest absolute Gasteiger partial charge is 0.493 e. The zero-order valence-electron chi connectivity index (χ0n) is 14.8. The molecule has 0 bridgehead atoms. The number of cyclic esters (lactones) is 1. The van der Waals surface area contributed by atoms with Crippen LogP contribution in [-0.4, -0.2) is 25.6 Å². The number of carbonyl (C=O) groups excluding carboxylic acids is 1. The lowest BCUT2D eigenvalue weighted by Gasteiger charge is -2.13. The van der Waals surface area contributed by atoms with Crippen molar-refractivity contribution in [3.05, 3.63) is 63.5 Å². The van der Waals surface area contributed by atoms with Crippen molar-refractivity contribution in [1.29, 1.82) is 0 Å². The predicted molar refractivity (Wildman–Crippen MR) is 103 cm³/mol. The maximum Gasteiger partial charge on any atom is 0.363 e. The quantitative estimate of drug-likeness (QED) is 0.487. The van der Waals surface area contributed by atoms with Crippen molar-refractivity contribution in [2.45, 2.75) is 13.3 Å². The molecule has 0 saturated carbocycles. The van der Waals surface area contributed by atoms with Crippen LogP contribution in [0.2, 0.25) is 0 Å². The summed E-state index contributed by atoms with van der Waals surface area (Å²) >= 11 is 3.46. The fourth-order valence-corrected chi connectivity index (χ4v) is 3.06. The number of carbonyl (C=O) groups is 1. The number of nitrogens with zero attached hydrogens (tertiary/aromatic N) is 1. The highest BCUT2D eigenvalue weighted by Crippen LogP contribution is 2.37. The van der Waals surface area contributed by atoms with Crippen LogP contribution in [0.1, 0.15) is 24.5 Å². The SMILES string of the molecule is CCCOc1c(Br)cc(/C=C2\N=C(c3ccccc3F)OC2=O)cc1OC. The van der Waals surface area contributed by atoms with Gasteiger partial charge in [0.25, 0.3) is 0 Å². The van der Waals surface area contributed by atoms with E-state index in [0.717, 1.165) is 6.42 Å². The predicted octanol–water partition coefficient (Wildman–Crippen LogP) is 4.73. The molecule has 1 aliphatic heterocycles. The van der Waals surface area contributed by atoms with Gasteiger partial charge < -0.3 is 14.2 Å². The Morgan fingerprint density at radius 2 is 2.07 bits per heavy atom. The molecule has 0 unspecified atom stereocenters. The van der Waals surface area contributed by atoms with Gasteiger partial charge in [-0.15, -0.1) is 0 Å². The molecule has 2 aromatic rings. The molecule has 0 atom stereocenters. The second-order valence-electron chi connectivity index (χ2n) is 5.70. The Morgan fingerprint density at radius 3 is 2.78 bits per heavy atom. The molecular weight excluding hydrogens is 417 g/mol. The van der Waals surface area contributed by atoms with Crippen molar-refractivity contribution in [3.8, 4) is 11.5 Å². The van der Waals surface area contributed by atoms with Gasteiger partial charge in [-0.3, -0.25) is 0 Å². The lowest BCUT2D eigenvalue weighted by Crippen LogP contribution is -2.07. The van der Waals surface area contributed by atoms with Crippen molar-refractivity contribution in [3.63, 3.8) is 0 Å². The number of hydrogen-bond donors (Lipinski definition) is 0. The standard InChI is InChI=1S/C20H17BrFNO4/c1-3-8-26-18-14(21)9-12(11-17(18)25-2)10-16-20(24)27-19(23-16)13-6-4-5-7-15(13)22/h4-7,9-11H,3,8H2,1-2H3/b16-10-. The van der Waals surface area contributed by atoms with E-state index in [4.69, 9.17) is 14.2 Å². The number of ether oxygens (including phenoxy) is 3. The first-order chi connectivity index (χ1) is 13.0. The van der Waals surface area contributed by atoms with Gasteiger partial charge in [0.05, 0.1) is 23.8 Å². The molecule has 5 nitrogen and oxygen atoms in total. The van der Waals surface area contributed by atoms with E-state index in [-0.39, 0.29) is 17.2 Å². The van der Waals surface area contributed by atoms with Gasteiger partial charge in [-0.2, -0.15) is 0 Å². The average Bonchev–Trinajstić information content (AvgIpc) is 3.01. The number of rotatable bonds is 6. The monoisotopic (exact) mass is 433 g/mol. The summed E-state index contributed by atoms with van der Waals surface area (Å²) in [7, 11) is 1.54. The Kier molecular flexibility index (Phi) is 5.91. The first kappa shape index (κ1) is 19.1. The minimum atomic E-state index is -0.644. The van der Waals surface area contributed by atoms with Gasteiger partial charge in [-0.05, 0) is 58.3 Å². The van der Waals surface area contributed by atoms with Crippen LogP contribution in [0.4, 0.5) is 4.39 Å². The van der Waals surface area contributed by atoms with Crippen LogP contribution < -0.4 is 9.47 Å². The van der Waals surface area contributed by atoms with Crippen molar-refractivity contribution in [2.24, 2.45) is 4.99 Å². The summed E-state index contributed by atoms with van der Waals surface area (Å²) < 4.78 is 30.8. The van der Waals surface area contributed by atoms with E-state index in [9.17, 15) is 9.18 Å².